The number of benzene rings is 2. The quantitative estimate of drug-likeness (QED) is 0.535. The molecule has 3 N–H and O–H groups in total. The van der Waals surface area contributed by atoms with Crippen molar-refractivity contribution in [3.8, 4) is 6.07 Å². The largest absolute Gasteiger partial charge is 0.360 e. The number of nitrogens with zero attached hydrogens (tertiary/aromatic N) is 1. The maximum Gasteiger partial charge on any atom is 0.267 e. The van der Waals surface area contributed by atoms with Gasteiger partial charge in [0.25, 0.3) is 5.91 Å². The number of para-hydroxylation sites is 1. The summed E-state index contributed by atoms with van der Waals surface area (Å²) in [7, 11) is 0. The molecule has 0 aromatic heterocycles. The summed E-state index contributed by atoms with van der Waals surface area (Å²) >= 11 is 0. The molecule has 6 nitrogen and oxygen atoms in total. The molecule has 2 amide bonds. The van der Waals surface area contributed by atoms with E-state index in [9.17, 15) is 14.9 Å². The van der Waals surface area contributed by atoms with Crippen molar-refractivity contribution < 1.29 is 9.59 Å². The topological polar surface area (TPSA) is 94.0 Å². The van der Waals surface area contributed by atoms with Gasteiger partial charge in [-0.3, -0.25) is 9.59 Å². The van der Waals surface area contributed by atoms with Crippen LogP contribution in [0, 0.1) is 18.3 Å². The minimum atomic E-state index is -0.480. The summed E-state index contributed by atoms with van der Waals surface area (Å²) in [4.78, 5) is 23.6. The first kappa shape index (κ1) is 19.7. The molecule has 0 fully saturated rings. The Morgan fingerprint density at radius 3 is 2.48 bits per heavy atom. The monoisotopic (exact) mass is 362 g/mol. The molecule has 138 valence electrons. The first-order valence-corrected chi connectivity index (χ1v) is 8.59. The van der Waals surface area contributed by atoms with Gasteiger partial charge in [-0.1, -0.05) is 31.2 Å². The molecule has 6 heteroatoms. The lowest BCUT2D eigenvalue weighted by Crippen LogP contribution is -2.16. The van der Waals surface area contributed by atoms with E-state index in [2.05, 4.69) is 16.0 Å². The molecule has 0 atom stereocenters. The van der Waals surface area contributed by atoms with Gasteiger partial charge in [-0.25, -0.2) is 0 Å². The van der Waals surface area contributed by atoms with Crippen LogP contribution in [0.25, 0.3) is 0 Å². The molecule has 0 aliphatic rings. The number of nitrogens with one attached hydrogen (secondary N) is 3. The van der Waals surface area contributed by atoms with Gasteiger partial charge in [-0.2, -0.15) is 5.26 Å². The summed E-state index contributed by atoms with van der Waals surface area (Å²) in [5.74, 6) is -0.656. The Labute approximate surface area is 158 Å². The van der Waals surface area contributed by atoms with Crippen LogP contribution < -0.4 is 16.0 Å². The number of hydrogen-bond donors (Lipinski definition) is 3. The fourth-order valence-electron chi connectivity index (χ4n) is 2.58. The number of carbonyl (C=O) groups excluding carboxylic acids is 2. The lowest BCUT2D eigenvalue weighted by atomic mass is 10.1. The van der Waals surface area contributed by atoms with Crippen molar-refractivity contribution in [2.75, 3.05) is 16.0 Å². The molecule has 2 aromatic rings. The minimum absolute atomic E-state index is 0.0507. The predicted octanol–water partition coefficient (Wildman–Crippen LogP) is 3.97. The number of aryl methyl sites for hydroxylation is 2. The summed E-state index contributed by atoms with van der Waals surface area (Å²) in [5, 5.41) is 17.8. The highest BCUT2D eigenvalue weighted by Crippen LogP contribution is 2.22. The van der Waals surface area contributed by atoms with Crippen LogP contribution >= 0.6 is 0 Å². The standard InChI is InChI=1S/C21H22N4O2/c1-4-16-8-5-7-14(2)20(16)25-21(27)17(12-22)13-23-18-9-6-10-19(11-18)24-15(3)26/h5-11,13,23H,4H2,1-3H3,(H,24,26)(H,25,27)/b17-13-. The summed E-state index contributed by atoms with van der Waals surface area (Å²) in [5.41, 5.74) is 3.90. The van der Waals surface area contributed by atoms with E-state index in [1.807, 2.05) is 38.1 Å². The van der Waals surface area contributed by atoms with Gasteiger partial charge >= 0.3 is 0 Å². The van der Waals surface area contributed by atoms with Crippen LogP contribution in [0.4, 0.5) is 17.1 Å². The van der Waals surface area contributed by atoms with Gasteiger partial charge in [-0.15, -0.1) is 0 Å². The molecule has 27 heavy (non-hydrogen) atoms. The third-order valence-corrected chi connectivity index (χ3v) is 3.91. The van der Waals surface area contributed by atoms with Crippen molar-refractivity contribution in [3.05, 3.63) is 65.4 Å². The fraction of sp³-hybridized carbons (Fsp3) is 0.190. The highest BCUT2D eigenvalue weighted by molar-refractivity contribution is 6.07. The number of anilines is 3. The maximum atomic E-state index is 12.5. The Morgan fingerprint density at radius 2 is 1.81 bits per heavy atom. The summed E-state index contributed by atoms with van der Waals surface area (Å²) in [6.07, 6.45) is 2.13. The van der Waals surface area contributed by atoms with Crippen molar-refractivity contribution in [1.82, 2.24) is 0 Å². The summed E-state index contributed by atoms with van der Waals surface area (Å²) < 4.78 is 0. The lowest BCUT2D eigenvalue weighted by molar-refractivity contribution is -0.114. The molecule has 0 saturated heterocycles. The van der Waals surface area contributed by atoms with E-state index in [0.717, 1.165) is 23.2 Å². The molecule has 2 aromatic carbocycles. The molecule has 0 bridgehead atoms. The third-order valence-electron chi connectivity index (χ3n) is 3.91. The van der Waals surface area contributed by atoms with Crippen LogP contribution in [-0.2, 0) is 16.0 Å². The van der Waals surface area contributed by atoms with Crippen LogP contribution in [-0.4, -0.2) is 11.8 Å². The highest BCUT2D eigenvalue weighted by Gasteiger charge is 2.13. The van der Waals surface area contributed by atoms with E-state index in [1.54, 1.807) is 24.3 Å². The zero-order valence-corrected chi connectivity index (χ0v) is 15.6. The molecular weight excluding hydrogens is 340 g/mol. The normalized spacial score (nSPS) is 10.7. The second-order valence-electron chi connectivity index (χ2n) is 5.99. The molecule has 0 heterocycles. The van der Waals surface area contributed by atoms with Crippen LogP contribution in [0.1, 0.15) is 25.0 Å². The highest BCUT2D eigenvalue weighted by atomic mass is 16.2. The van der Waals surface area contributed by atoms with E-state index in [4.69, 9.17) is 0 Å². The van der Waals surface area contributed by atoms with Gasteiger partial charge in [0, 0.05) is 30.2 Å². The molecule has 0 saturated carbocycles. The summed E-state index contributed by atoms with van der Waals surface area (Å²) in [6, 6.07) is 14.7. The zero-order chi connectivity index (χ0) is 19.8. The molecule has 0 spiro atoms. The van der Waals surface area contributed by atoms with Gasteiger partial charge in [0.05, 0.1) is 0 Å². The number of carbonyl (C=O) groups is 2. The van der Waals surface area contributed by atoms with E-state index in [1.165, 1.54) is 13.1 Å². The minimum Gasteiger partial charge on any atom is -0.360 e. The Bertz CT molecular complexity index is 926. The number of hydrogen-bond acceptors (Lipinski definition) is 4. The first-order valence-electron chi connectivity index (χ1n) is 8.59. The van der Waals surface area contributed by atoms with Crippen LogP contribution in [0.2, 0.25) is 0 Å². The smallest absolute Gasteiger partial charge is 0.267 e. The van der Waals surface area contributed by atoms with E-state index < -0.39 is 5.91 Å². The van der Waals surface area contributed by atoms with Gasteiger partial charge < -0.3 is 16.0 Å². The predicted molar refractivity (Wildman–Crippen MR) is 107 cm³/mol. The van der Waals surface area contributed by atoms with Crippen molar-refractivity contribution in [3.63, 3.8) is 0 Å². The Balaban J connectivity index is 2.16. The average Bonchev–Trinajstić information content (AvgIpc) is 2.63. The number of nitriles is 1. The molecular formula is C21H22N4O2. The number of rotatable bonds is 6. The van der Waals surface area contributed by atoms with Gasteiger partial charge in [-0.05, 0) is 42.7 Å². The second-order valence-corrected chi connectivity index (χ2v) is 5.99. The van der Waals surface area contributed by atoms with Crippen molar-refractivity contribution >= 4 is 28.9 Å². The van der Waals surface area contributed by atoms with E-state index in [-0.39, 0.29) is 11.5 Å². The van der Waals surface area contributed by atoms with Crippen LogP contribution in [0.15, 0.2) is 54.2 Å². The lowest BCUT2D eigenvalue weighted by Gasteiger charge is -2.12. The molecule has 0 aliphatic heterocycles. The van der Waals surface area contributed by atoms with E-state index in [0.29, 0.717) is 11.4 Å². The molecule has 2 rings (SSSR count). The van der Waals surface area contributed by atoms with E-state index >= 15 is 0 Å². The first-order chi connectivity index (χ1) is 12.9. The van der Waals surface area contributed by atoms with Gasteiger partial charge in [0.2, 0.25) is 5.91 Å². The zero-order valence-electron chi connectivity index (χ0n) is 15.6. The van der Waals surface area contributed by atoms with Crippen molar-refractivity contribution in [1.29, 1.82) is 5.26 Å². The maximum absolute atomic E-state index is 12.5. The molecule has 0 radical (unpaired) electrons. The molecule has 0 unspecified atom stereocenters. The fourth-order valence-corrected chi connectivity index (χ4v) is 2.58. The third kappa shape index (κ3) is 5.44. The Morgan fingerprint density at radius 1 is 1.11 bits per heavy atom. The average molecular weight is 362 g/mol. The van der Waals surface area contributed by atoms with Crippen molar-refractivity contribution in [2.24, 2.45) is 0 Å². The Kier molecular flexibility index (Phi) is 6.73. The second kappa shape index (κ2) is 9.20. The number of amides is 2. The van der Waals surface area contributed by atoms with Gasteiger partial charge in [0.15, 0.2) is 0 Å². The van der Waals surface area contributed by atoms with Crippen LogP contribution in [0.5, 0.6) is 0 Å². The summed E-state index contributed by atoms with van der Waals surface area (Å²) in [6.45, 7) is 5.35. The van der Waals surface area contributed by atoms with Crippen LogP contribution in [0.3, 0.4) is 0 Å². The molecule has 0 aliphatic carbocycles. The SMILES string of the molecule is CCc1cccc(C)c1NC(=O)/C(C#N)=C\Nc1cccc(NC(C)=O)c1. The van der Waals surface area contributed by atoms with Crippen molar-refractivity contribution in [2.45, 2.75) is 27.2 Å². The Hall–Kier alpha value is -3.59. The van der Waals surface area contributed by atoms with Gasteiger partial charge in [0.1, 0.15) is 11.6 Å².